The van der Waals surface area contributed by atoms with E-state index in [9.17, 15) is 4.79 Å². The van der Waals surface area contributed by atoms with Gasteiger partial charge in [0.15, 0.2) is 5.12 Å². The fourth-order valence-corrected chi connectivity index (χ4v) is 4.79. The third kappa shape index (κ3) is 14.6. The number of likely N-dealkylation sites (N-methyl/N-ethyl adjacent to an activating group) is 1. The van der Waals surface area contributed by atoms with E-state index >= 15 is 0 Å². The zero-order valence-electron chi connectivity index (χ0n) is 18.3. The highest BCUT2D eigenvalue weighted by Gasteiger charge is 2.24. The van der Waals surface area contributed by atoms with Gasteiger partial charge in [-0.15, -0.1) is 0 Å². The number of rotatable bonds is 17. The summed E-state index contributed by atoms with van der Waals surface area (Å²) in [5.41, 5.74) is 0. The molecule has 1 rings (SSSR count). The van der Waals surface area contributed by atoms with Crippen molar-refractivity contribution in [1.82, 2.24) is 0 Å². The summed E-state index contributed by atoms with van der Waals surface area (Å²) in [4.78, 5) is 12.0. The van der Waals surface area contributed by atoms with Crippen LogP contribution < -0.4 is 0 Å². The number of hydrogen-bond acceptors (Lipinski definition) is 3. The minimum Gasteiger partial charge on any atom is -0.370 e. The molecule has 0 amide bonds. The van der Waals surface area contributed by atoms with E-state index in [0.717, 1.165) is 55.9 Å². The number of thioether (sulfide) groups is 1. The van der Waals surface area contributed by atoms with Gasteiger partial charge in [-0.25, -0.2) is 0 Å². The van der Waals surface area contributed by atoms with E-state index in [2.05, 4.69) is 14.0 Å². The lowest BCUT2D eigenvalue weighted by Gasteiger charge is -2.37. The Morgan fingerprint density at radius 1 is 0.815 bits per heavy atom. The summed E-state index contributed by atoms with van der Waals surface area (Å²) in [5.74, 6) is 0.966. The minimum atomic E-state index is 0.401. The number of hydrogen-bond donors (Lipinski definition) is 0. The van der Waals surface area contributed by atoms with Crippen molar-refractivity contribution in [2.75, 3.05) is 45.6 Å². The Morgan fingerprint density at radius 3 is 1.81 bits per heavy atom. The van der Waals surface area contributed by atoms with Crippen LogP contribution in [0.4, 0.5) is 0 Å². The second-order valence-electron chi connectivity index (χ2n) is 8.62. The molecule has 0 atom stereocenters. The lowest BCUT2D eigenvalue weighted by molar-refractivity contribution is -0.914. The number of carbonyl (C=O) groups is 1. The molecule has 0 aliphatic carbocycles. The summed E-state index contributed by atoms with van der Waals surface area (Å²) < 4.78 is 6.50. The fourth-order valence-electron chi connectivity index (χ4n) is 3.75. The van der Waals surface area contributed by atoms with Crippen LogP contribution >= 0.6 is 11.8 Å². The molecule has 1 fully saturated rings. The Balaban J connectivity index is 1.80. The second-order valence-corrected chi connectivity index (χ2v) is 9.77. The van der Waals surface area contributed by atoms with Crippen molar-refractivity contribution in [2.45, 2.75) is 96.8 Å². The molecule has 3 nitrogen and oxygen atoms in total. The van der Waals surface area contributed by atoms with Gasteiger partial charge in [-0.05, 0) is 6.42 Å². The summed E-state index contributed by atoms with van der Waals surface area (Å²) in [6, 6.07) is 0. The molecule has 1 aliphatic heterocycles. The van der Waals surface area contributed by atoms with Crippen LogP contribution in [0.15, 0.2) is 0 Å². The maximum Gasteiger partial charge on any atom is 0.189 e. The highest BCUT2D eigenvalue weighted by Crippen LogP contribution is 2.16. The second kappa shape index (κ2) is 16.9. The van der Waals surface area contributed by atoms with Crippen molar-refractivity contribution in [1.29, 1.82) is 0 Å². The molecule has 27 heavy (non-hydrogen) atoms. The zero-order chi connectivity index (χ0) is 19.6. The molecule has 4 heteroatoms. The highest BCUT2D eigenvalue weighted by atomic mass is 32.2. The maximum atomic E-state index is 12.0. The van der Waals surface area contributed by atoms with E-state index in [4.69, 9.17) is 4.74 Å². The van der Waals surface area contributed by atoms with Crippen molar-refractivity contribution in [2.24, 2.45) is 0 Å². The number of carbonyl (C=O) groups excluding carboxylic acids is 1. The van der Waals surface area contributed by atoms with Gasteiger partial charge in [-0.3, -0.25) is 4.79 Å². The number of unbranched alkanes of at least 4 members (excludes halogenated alkanes) is 12. The molecule has 1 aliphatic rings. The van der Waals surface area contributed by atoms with Crippen molar-refractivity contribution in [3.05, 3.63) is 0 Å². The molecule has 0 unspecified atom stereocenters. The Morgan fingerprint density at radius 2 is 1.30 bits per heavy atom. The van der Waals surface area contributed by atoms with Gasteiger partial charge in [-0.2, -0.15) is 0 Å². The standard InChI is InChI=1S/C23H46NO2S/c1-3-4-5-6-7-8-9-10-11-12-13-14-15-16-23(25)27-22-19-24(2)17-20-26-21-18-24/h3-22H2,1-2H3/q+1. The maximum absolute atomic E-state index is 12.0. The third-order valence-corrected chi connectivity index (χ3v) is 6.84. The Kier molecular flexibility index (Phi) is 15.6. The van der Waals surface area contributed by atoms with Gasteiger partial charge in [-0.1, -0.05) is 95.7 Å². The zero-order valence-corrected chi connectivity index (χ0v) is 19.1. The molecule has 0 aromatic heterocycles. The van der Waals surface area contributed by atoms with Crippen LogP contribution in [0.5, 0.6) is 0 Å². The first-order valence-electron chi connectivity index (χ1n) is 11.7. The molecule has 1 heterocycles. The Bertz CT molecular complexity index is 356. The van der Waals surface area contributed by atoms with Crippen LogP contribution in [0.2, 0.25) is 0 Å². The summed E-state index contributed by atoms with van der Waals surface area (Å²) >= 11 is 1.56. The SMILES string of the molecule is CCCCCCCCCCCCCCCC(=O)SCC[N+]1(C)CCOCC1. The van der Waals surface area contributed by atoms with Crippen molar-refractivity contribution in [3.8, 4) is 0 Å². The van der Waals surface area contributed by atoms with Crippen molar-refractivity contribution in [3.63, 3.8) is 0 Å². The quantitative estimate of drug-likeness (QED) is 0.215. The molecular formula is C23H46NO2S+. The molecule has 1 saturated heterocycles. The summed E-state index contributed by atoms with van der Waals surface area (Å²) in [5, 5.41) is 0.401. The lowest BCUT2D eigenvalue weighted by Crippen LogP contribution is -2.53. The van der Waals surface area contributed by atoms with Gasteiger partial charge in [0.2, 0.25) is 0 Å². The first-order chi connectivity index (χ1) is 13.2. The molecule has 0 spiro atoms. The molecular weight excluding hydrogens is 354 g/mol. The average molecular weight is 401 g/mol. The molecule has 0 N–H and O–H groups in total. The van der Waals surface area contributed by atoms with Gasteiger partial charge in [0.1, 0.15) is 13.1 Å². The number of morpholine rings is 1. The van der Waals surface area contributed by atoms with Gasteiger partial charge in [0, 0.05) is 6.42 Å². The summed E-state index contributed by atoms with van der Waals surface area (Å²) in [6.07, 6.45) is 18.5. The predicted octanol–water partition coefficient (Wildman–Crippen LogP) is 6.20. The average Bonchev–Trinajstić information content (AvgIpc) is 2.66. The molecule has 160 valence electrons. The highest BCUT2D eigenvalue weighted by molar-refractivity contribution is 8.13. The molecule has 0 aromatic rings. The van der Waals surface area contributed by atoms with E-state index < -0.39 is 0 Å². The summed E-state index contributed by atoms with van der Waals surface area (Å²) in [6.45, 7) is 7.30. The van der Waals surface area contributed by atoms with E-state index in [1.54, 1.807) is 11.8 Å². The first kappa shape index (κ1) is 25.0. The molecule has 0 saturated carbocycles. The van der Waals surface area contributed by atoms with Crippen molar-refractivity contribution < 1.29 is 14.0 Å². The third-order valence-electron chi connectivity index (χ3n) is 5.93. The van der Waals surface area contributed by atoms with Crippen molar-refractivity contribution >= 4 is 16.9 Å². The van der Waals surface area contributed by atoms with E-state index in [1.807, 2.05) is 0 Å². The lowest BCUT2D eigenvalue weighted by atomic mass is 10.0. The van der Waals surface area contributed by atoms with Gasteiger partial charge in [0.05, 0.1) is 32.6 Å². The van der Waals surface area contributed by atoms with Crippen LogP contribution in [0, 0.1) is 0 Å². The predicted molar refractivity (Wildman–Crippen MR) is 119 cm³/mol. The normalized spacial score (nSPS) is 16.5. The van der Waals surface area contributed by atoms with Gasteiger partial charge < -0.3 is 9.22 Å². The Hall–Kier alpha value is -0.0600. The number of ether oxygens (including phenoxy) is 1. The molecule has 0 radical (unpaired) electrons. The van der Waals surface area contributed by atoms with Crippen LogP contribution in [0.1, 0.15) is 96.8 Å². The number of quaternary nitrogens is 1. The van der Waals surface area contributed by atoms with E-state index in [-0.39, 0.29) is 0 Å². The van der Waals surface area contributed by atoms with Crippen LogP contribution in [-0.2, 0) is 9.53 Å². The van der Waals surface area contributed by atoms with E-state index in [0.29, 0.717) is 5.12 Å². The van der Waals surface area contributed by atoms with Crippen LogP contribution in [0.3, 0.4) is 0 Å². The molecule has 0 aromatic carbocycles. The van der Waals surface area contributed by atoms with Gasteiger partial charge in [0.25, 0.3) is 0 Å². The summed E-state index contributed by atoms with van der Waals surface area (Å²) in [7, 11) is 2.29. The smallest absolute Gasteiger partial charge is 0.189 e. The van der Waals surface area contributed by atoms with Crippen LogP contribution in [0.25, 0.3) is 0 Å². The topological polar surface area (TPSA) is 26.3 Å². The molecule has 0 bridgehead atoms. The largest absolute Gasteiger partial charge is 0.370 e. The van der Waals surface area contributed by atoms with Crippen LogP contribution in [-0.4, -0.2) is 55.2 Å². The van der Waals surface area contributed by atoms with Gasteiger partial charge >= 0.3 is 0 Å². The van der Waals surface area contributed by atoms with E-state index in [1.165, 1.54) is 77.0 Å². The monoisotopic (exact) mass is 400 g/mol. The Labute approximate surface area is 173 Å². The fraction of sp³-hybridized carbons (Fsp3) is 0.957. The minimum absolute atomic E-state index is 0.401. The number of nitrogens with zero attached hydrogens (tertiary/aromatic N) is 1. The first-order valence-corrected chi connectivity index (χ1v) is 12.7.